The van der Waals surface area contributed by atoms with E-state index in [-0.39, 0.29) is 5.91 Å². The van der Waals surface area contributed by atoms with E-state index in [4.69, 9.17) is 4.74 Å². The number of benzene rings is 1. The molecule has 0 aliphatic carbocycles. The molecule has 3 rings (SSSR count). The summed E-state index contributed by atoms with van der Waals surface area (Å²) in [5.74, 6) is 0.557. The first-order chi connectivity index (χ1) is 10.2. The number of carbonyl (C=O) groups excluding carboxylic acids is 1. The van der Waals surface area contributed by atoms with Gasteiger partial charge in [0.15, 0.2) is 11.0 Å². The predicted molar refractivity (Wildman–Crippen MR) is 84.5 cm³/mol. The molecule has 2 aromatic rings. The molecular formula is C15H17N3O2S. The Bertz CT molecular complexity index is 689. The van der Waals surface area contributed by atoms with E-state index < -0.39 is 0 Å². The van der Waals surface area contributed by atoms with Crippen molar-refractivity contribution in [3.8, 4) is 0 Å². The molecule has 5 nitrogen and oxygen atoms in total. The fourth-order valence-corrected chi connectivity index (χ4v) is 3.31. The summed E-state index contributed by atoms with van der Waals surface area (Å²) in [6.07, 6.45) is 2.20. The number of anilines is 1. The molecule has 1 aliphatic heterocycles. The van der Waals surface area contributed by atoms with Crippen LogP contribution < -0.4 is 5.32 Å². The van der Waals surface area contributed by atoms with Crippen molar-refractivity contribution in [1.29, 1.82) is 0 Å². The standard InChI is InChI=1S/C15H17N3O2S/c1-10(20-2)16-15-17-12-6-5-11(9-13(12)21-15)14(19)18-7-3-4-8-18/h5-6,9H,1,3-4,7-8H2,2H3,(H,16,17). The van der Waals surface area contributed by atoms with E-state index in [2.05, 4.69) is 16.9 Å². The van der Waals surface area contributed by atoms with Gasteiger partial charge in [0.25, 0.3) is 5.91 Å². The maximum atomic E-state index is 12.4. The predicted octanol–water partition coefficient (Wildman–Crippen LogP) is 3.06. The average molecular weight is 303 g/mol. The Morgan fingerprint density at radius 2 is 2.19 bits per heavy atom. The van der Waals surface area contributed by atoms with Gasteiger partial charge in [0.05, 0.1) is 17.3 Å². The van der Waals surface area contributed by atoms with Crippen molar-refractivity contribution in [2.75, 3.05) is 25.5 Å². The number of hydrogen-bond donors (Lipinski definition) is 1. The number of hydrogen-bond acceptors (Lipinski definition) is 5. The highest BCUT2D eigenvalue weighted by molar-refractivity contribution is 7.22. The molecule has 1 fully saturated rings. The van der Waals surface area contributed by atoms with E-state index in [0.717, 1.165) is 41.7 Å². The zero-order chi connectivity index (χ0) is 14.8. The molecule has 0 radical (unpaired) electrons. The number of nitrogens with one attached hydrogen (secondary N) is 1. The Labute approximate surface area is 127 Å². The summed E-state index contributed by atoms with van der Waals surface area (Å²) in [6.45, 7) is 5.43. The normalized spacial score (nSPS) is 14.4. The van der Waals surface area contributed by atoms with Crippen LogP contribution in [0.1, 0.15) is 23.2 Å². The Hall–Kier alpha value is -2.08. The van der Waals surface area contributed by atoms with Crippen LogP contribution in [0.2, 0.25) is 0 Å². The van der Waals surface area contributed by atoms with Crippen molar-refractivity contribution in [3.05, 3.63) is 36.2 Å². The largest absolute Gasteiger partial charge is 0.483 e. The fourth-order valence-electron chi connectivity index (χ4n) is 2.38. The Balaban J connectivity index is 1.85. The van der Waals surface area contributed by atoms with Gasteiger partial charge < -0.3 is 15.0 Å². The van der Waals surface area contributed by atoms with Crippen molar-refractivity contribution in [1.82, 2.24) is 9.88 Å². The van der Waals surface area contributed by atoms with E-state index in [1.807, 2.05) is 23.1 Å². The van der Waals surface area contributed by atoms with Gasteiger partial charge in [-0.1, -0.05) is 11.3 Å². The lowest BCUT2D eigenvalue weighted by atomic mass is 10.2. The number of thiazole rings is 1. The van der Waals surface area contributed by atoms with Gasteiger partial charge in [-0.2, -0.15) is 0 Å². The number of amides is 1. The first-order valence-electron chi connectivity index (χ1n) is 6.87. The number of nitrogens with zero attached hydrogens (tertiary/aromatic N) is 2. The third-order valence-corrected chi connectivity index (χ3v) is 4.46. The van der Waals surface area contributed by atoms with Crippen LogP contribution >= 0.6 is 11.3 Å². The van der Waals surface area contributed by atoms with Crippen molar-refractivity contribution >= 4 is 32.6 Å². The second-order valence-electron chi connectivity index (χ2n) is 4.95. The molecule has 0 spiro atoms. The maximum absolute atomic E-state index is 12.4. The first kappa shape index (κ1) is 13.9. The van der Waals surface area contributed by atoms with E-state index in [1.54, 1.807) is 7.11 Å². The minimum Gasteiger partial charge on any atom is -0.483 e. The molecule has 6 heteroatoms. The van der Waals surface area contributed by atoms with E-state index >= 15 is 0 Å². The van der Waals surface area contributed by atoms with E-state index in [1.165, 1.54) is 11.3 Å². The summed E-state index contributed by atoms with van der Waals surface area (Å²) in [4.78, 5) is 18.7. The van der Waals surface area contributed by atoms with E-state index in [0.29, 0.717) is 11.0 Å². The van der Waals surface area contributed by atoms with Gasteiger partial charge >= 0.3 is 0 Å². The van der Waals surface area contributed by atoms with Crippen molar-refractivity contribution in [2.45, 2.75) is 12.8 Å². The molecule has 1 amide bonds. The molecular weight excluding hydrogens is 286 g/mol. The number of ether oxygens (including phenoxy) is 1. The topological polar surface area (TPSA) is 54.5 Å². The number of likely N-dealkylation sites (tertiary alicyclic amines) is 1. The van der Waals surface area contributed by atoms with Crippen LogP contribution in [0.4, 0.5) is 5.13 Å². The minimum atomic E-state index is 0.110. The molecule has 21 heavy (non-hydrogen) atoms. The van der Waals surface area contributed by atoms with Crippen LogP contribution in [0, 0.1) is 0 Å². The lowest BCUT2D eigenvalue weighted by molar-refractivity contribution is 0.0793. The summed E-state index contributed by atoms with van der Waals surface area (Å²) < 4.78 is 5.96. The summed E-state index contributed by atoms with van der Waals surface area (Å²) in [6, 6.07) is 5.64. The molecule has 1 aromatic carbocycles. The highest BCUT2D eigenvalue weighted by atomic mass is 32.1. The van der Waals surface area contributed by atoms with Gasteiger partial charge in [-0.3, -0.25) is 4.79 Å². The molecule has 1 N–H and O–H groups in total. The second-order valence-corrected chi connectivity index (χ2v) is 5.98. The summed E-state index contributed by atoms with van der Waals surface area (Å²) >= 11 is 1.48. The van der Waals surface area contributed by atoms with Crippen LogP contribution in [0.25, 0.3) is 10.2 Å². The van der Waals surface area contributed by atoms with Gasteiger partial charge in [0.1, 0.15) is 0 Å². The summed E-state index contributed by atoms with van der Waals surface area (Å²) in [7, 11) is 1.55. The summed E-state index contributed by atoms with van der Waals surface area (Å²) in [5.41, 5.74) is 1.59. The zero-order valence-corrected chi connectivity index (χ0v) is 12.7. The van der Waals surface area contributed by atoms with Crippen molar-refractivity contribution in [2.24, 2.45) is 0 Å². The van der Waals surface area contributed by atoms with Crippen LogP contribution in [0.15, 0.2) is 30.7 Å². The molecule has 110 valence electrons. The highest BCUT2D eigenvalue weighted by Crippen LogP contribution is 2.28. The fraction of sp³-hybridized carbons (Fsp3) is 0.333. The van der Waals surface area contributed by atoms with Gasteiger partial charge in [-0.05, 0) is 37.6 Å². The monoisotopic (exact) mass is 303 g/mol. The number of carbonyl (C=O) groups is 1. The molecule has 2 heterocycles. The van der Waals surface area contributed by atoms with Crippen LogP contribution in [0.5, 0.6) is 0 Å². The van der Waals surface area contributed by atoms with Gasteiger partial charge in [-0.15, -0.1) is 0 Å². The van der Waals surface area contributed by atoms with E-state index in [9.17, 15) is 4.79 Å². The summed E-state index contributed by atoms with van der Waals surface area (Å²) in [5, 5.41) is 3.69. The first-order valence-corrected chi connectivity index (χ1v) is 7.69. The number of methoxy groups -OCH3 is 1. The van der Waals surface area contributed by atoms with Crippen molar-refractivity contribution < 1.29 is 9.53 Å². The molecule has 0 bridgehead atoms. The Morgan fingerprint density at radius 3 is 2.90 bits per heavy atom. The van der Waals surface area contributed by atoms with Crippen LogP contribution in [-0.4, -0.2) is 36.0 Å². The molecule has 0 saturated carbocycles. The lowest BCUT2D eigenvalue weighted by Gasteiger charge is -2.14. The highest BCUT2D eigenvalue weighted by Gasteiger charge is 2.20. The molecule has 0 atom stereocenters. The smallest absolute Gasteiger partial charge is 0.253 e. The van der Waals surface area contributed by atoms with Gasteiger partial charge in [-0.25, -0.2) is 4.98 Å². The van der Waals surface area contributed by atoms with Crippen LogP contribution in [0.3, 0.4) is 0 Å². The Morgan fingerprint density at radius 1 is 1.43 bits per heavy atom. The molecule has 1 saturated heterocycles. The van der Waals surface area contributed by atoms with Crippen LogP contribution in [-0.2, 0) is 4.74 Å². The number of aromatic nitrogens is 1. The number of rotatable bonds is 4. The van der Waals surface area contributed by atoms with Gasteiger partial charge in [0.2, 0.25) is 0 Å². The second kappa shape index (κ2) is 5.73. The maximum Gasteiger partial charge on any atom is 0.253 e. The SMILES string of the molecule is C=C(Nc1nc2ccc(C(=O)N3CCCC3)cc2s1)OC. The molecule has 1 aromatic heterocycles. The number of fused-ring (bicyclic) bond motifs is 1. The molecule has 1 aliphatic rings. The van der Waals surface area contributed by atoms with Crippen molar-refractivity contribution in [3.63, 3.8) is 0 Å². The molecule has 0 unspecified atom stereocenters. The zero-order valence-electron chi connectivity index (χ0n) is 11.9. The Kier molecular flexibility index (Phi) is 3.79. The third kappa shape index (κ3) is 2.85. The average Bonchev–Trinajstić information content (AvgIpc) is 3.14. The minimum absolute atomic E-state index is 0.110. The lowest BCUT2D eigenvalue weighted by Crippen LogP contribution is -2.27. The quantitative estimate of drug-likeness (QED) is 0.882. The third-order valence-electron chi connectivity index (χ3n) is 3.52. The van der Waals surface area contributed by atoms with Gasteiger partial charge in [0, 0.05) is 18.7 Å².